The van der Waals surface area contributed by atoms with Gasteiger partial charge in [0.25, 0.3) is 0 Å². The number of hydrogen-bond acceptors (Lipinski definition) is 3. The molecule has 10 aromatic rings. The molecule has 3 nitrogen and oxygen atoms in total. The predicted octanol–water partition coefficient (Wildman–Crippen LogP) is 15.2. The molecular weight excluding hydrogens is 992 g/mol. The van der Waals surface area contributed by atoms with E-state index in [0.29, 0.717) is 12.1 Å². The number of carbonyl (C=O) groups is 1. The van der Waals surface area contributed by atoms with Crippen LogP contribution in [0, 0.1) is 0 Å². The summed E-state index contributed by atoms with van der Waals surface area (Å²) >= 11 is 3.60. The maximum atomic E-state index is 15.0. The van der Waals surface area contributed by atoms with Crippen molar-refractivity contribution in [1.82, 2.24) is 5.32 Å². The van der Waals surface area contributed by atoms with E-state index in [2.05, 4.69) is 311 Å². The third kappa shape index (κ3) is 11.9. The van der Waals surface area contributed by atoms with Gasteiger partial charge in [0, 0.05) is 0 Å². The summed E-state index contributed by atoms with van der Waals surface area (Å²) in [5, 5.41) is 7.78. The van der Waals surface area contributed by atoms with Gasteiger partial charge in [0.1, 0.15) is 0 Å². The molecular formula is C71H68N2OPS2+. The number of rotatable bonds is 22. The summed E-state index contributed by atoms with van der Waals surface area (Å²) in [5.74, 6) is -0.0709. The molecule has 10 aromatic carbocycles. The van der Waals surface area contributed by atoms with Gasteiger partial charge in [0.15, 0.2) is 0 Å². The van der Waals surface area contributed by atoms with Crippen molar-refractivity contribution in [2.45, 2.75) is 32.1 Å². The molecule has 6 heteroatoms. The van der Waals surface area contributed by atoms with Crippen molar-refractivity contribution in [2.75, 3.05) is 39.9 Å². The van der Waals surface area contributed by atoms with Gasteiger partial charge < -0.3 is 0 Å². The van der Waals surface area contributed by atoms with Crippen molar-refractivity contribution < 1.29 is 9.28 Å². The molecule has 0 saturated heterocycles. The van der Waals surface area contributed by atoms with Gasteiger partial charge in [0.2, 0.25) is 0 Å². The van der Waals surface area contributed by atoms with E-state index in [1.807, 2.05) is 0 Å². The Bertz CT molecular complexity index is 2970. The quantitative estimate of drug-likeness (QED) is 0.0241. The van der Waals surface area contributed by atoms with Gasteiger partial charge in [-0.3, -0.25) is 0 Å². The van der Waals surface area contributed by atoms with Gasteiger partial charge in [-0.2, -0.15) is 0 Å². The average molecular weight is 1060 g/mol. The Kier molecular flexibility index (Phi) is 17.1. The van der Waals surface area contributed by atoms with Crippen LogP contribution in [0.5, 0.6) is 0 Å². The molecule has 0 bridgehead atoms. The molecule has 0 saturated carbocycles. The number of amides is 1. The van der Waals surface area contributed by atoms with Crippen LogP contribution < -0.4 is 21.2 Å². The molecule has 0 spiro atoms. The predicted molar refractivity (Wildman–Crippen MR) is 331 cm³/mol. The number of nitrogens with one attached hydrogen (secondary N) is 1. The molecule has 1 N–H and O–H groups in total. The molecule has 10 rings (SSSR count). The first kappa shape index (κ1) is 53.2. The summed E-state index contributed by atoms with van der Waals surface area (Å²) in [7, 11) is 2.35. The maximum absolute atomic E-state index is 15.0. The zero-order valence-electron chi connectivity index (χ0n) is 44.1. The molecule has 0 aliphatic rings. The van der Waals surface area contributed by atoms with Gasteiger partial charge in [-0.15, -0.1) is 23.5 Å². The zero-order chi connectivity index (χ0) is 52.8. The van der Waals surface area contributed by atoms with Gasteiger partial charge in [-0.1, -0.05) is 182 Å². The molecule has 384 valence electrons. The van der Waals surface area contributed by atoms with E-state index in [4.69, 9.17) is 0 Å². The van der Waals surface area contributed by atoms with Crippen LogP contribution in [-0.4, -0.2) is 50.3 Å². The van der Waals surface area contributed by atoms with Crippen LogP contribution in [0.4, 0.5) is 0 Å². The Hall–Kier alpha value is -7.24. The second kappa shape index (κ2) is 24.8. The van der Waals surface area contributed by atoms with Crippen LogP contribution in [0.1, 0.15) is 56.6 Å². The third-order valence-corrected chi connectivity index (χ3v) is 23.1. The van der Waals surface area contributed by atoms with E-state index >= 15 is 0 Å². The second-order valence-electron chi connectivity index (χ2n) is 20.6. The zero-order valence-corrected chi connectivity index (χ0v) is 46.8. The van der Waals surface area contributed by atoms with Crippen LogP contribution >= 0.6 is 30.8 Å². The number of quaternary nitrogens is 1. The van der Waals surface area contributed by atoms with Crippen LogP contribution in [0.25, 0.3) is 0 Å². The average Bonchev–Trinajstić information content (AvgIpc) is 3.51. The van der Waals surface area contributed by atoms with E-state index in [9.17, 15) is 4.79 Å². The molecule has 0 fully saturated rings. The number of hydrogen-bond donors (Lipinski definition) is 1. The Balaban J connectivity index is 0.969. The van der Waals surface area contributed by atoms with E-state index in [0.717, 1.165) is 79.7 Å². The van der Waals surface area contributed by atoms with Crippen molar-refractivity contribution in [3.63, 3.8) is 0 Å². The number of carbonyl (C=O) groups excluding carboxylic acids is 1. The standard InChI is InChI=1S/C71H67N2OPS2/c1-73(2,52-31-53-75(64-44-24-9-25-45-64,65-46-26-10-27-47-65)66-48-28-11-29-49-66)51-30-50-72-69(74)57-54-67(76-70(58-32-12-3-13-33-58,59-34-14-4-15-35-59)60-36-16-5-17-37-60)56-68(55-57)77-71(61-38-18-6-19-39-61,62-40-20-7-21-41-62)63-42-22-8-23-43-63/h3-29,32-49,54-56,75H,30-31,50-53H2,1-2H3/p+1. The molecule has 0 aliphatic heterocycles. The van der Waals surface area contributed by atoms with Crippen molar-refractivity contribution in [3.05, 3.63) is 330 Å². The monoisotopic (exact) mass is 1060 g/mol. The van der Waals surface area contributed by atoms with Gasteiger partial charge >= 0.3 is 215 Å². The minimum atomic E-state index is -2.34. The summed E-state index contributed by atoms with van der Waals surface area (Å²) in [5.41, 5.74) is 7.60. The van der Waals surface area contributed by atoms with Crippen LogP contribution in [0.3, 0.4) is 0 Å². The Morgan fingerprint density at radius 2 is 0.662 bits per heavy atom. The van der Waals surface area contributed by atoms with Crippen molar-refractivity contribution in [3.8, 4) is 0 Å². The van der Waals surface area contributed by atoms with Gasteiger partial charge in [-0.05, 0) is 39.4 Å². The number of nitrogens with zero attached hydrogens (tertiary/aromatic N) is 1. The molecule has 0 unspecified atom stereocenters. The fraction of sp³-hybridized carbons (Fsp3) is 0.141. The van der Waals surface area contributed by atoms with E-state index in [1.165, 1.54) is 15.9 Å². The van der Waals surface area contributed by atoms with Crippen molar-refractivity contribution in [1.29, 1.82) is 0 Å². The van der Waals surface area contributed by atoms with Crippen molar-refractivity contribution >= 4 is 52.6 Å². The molecule has 1 amide bonds. The number of benzene rings is 10. The van der Waals surface area contributed by atoms with E-state index in [-0.39, 0.29) is 5.91 Å². The van der Waals surface area contributed by atoms with Crippen LogP contribution in [-0.2, 0) is 9.49 Å². The van der Waals surface area contributed by atoms with Crippen molar-refractivity contribution in [2.24, 2.45) is 0 Å². The fourth-order valence-corrected chi connectivity index (χ4v) is 19.2. The first-order valence-corrected chi connectivity index (χ1v) is 30.8. The first-order valence-electron chi connectivity index (χ1n) is 26.9. The molecule has 0 radical (unpaired) electrons. The minimum absolute atomic E-state index is 0.0709. The Morgan fingerprint density at radius 3 is 0.961 bits per heavy atom. The topological polar surface area (TPSA) is 29.1 Å². The van der Waals surface area contributed by atoms with Crippen LogP contribution in [0.15, 0.2) is 301 Å². The summed E-state index contributed by atoms with van der Waals surface area (Å²) in [6.45, 7) is 2.55. The molecule has 0 atom stereocenters. The normalized spacial score (nSPS) is 12.2. The molecule has 0 aliphatic carbocycles. The summed E-state index contributed by atoms with van der Waals surface area (Å²) < 4.78 is -0.428. The van der Waals surface area contributed by atoms with E-state index in [1.54, 1.807) is 23.5 Å². The van der Waals surface area contributed by atoms with Gasteiger partial charge in [-0.25, -0.2) is 0 Å². The summed E-state index contributed by atoms with van der Waals surface area (Å²) in [6, 6.07) is 105. The van der Waals surface area contributed by atoms with E-state index < -0.39 is 16.8 Å². The third-order valence-electron chi connectivity index (χ3n) is 15.1. The Labute approximate surface area is 466 Å². The molecule has 0 heterocycles. The van der Waals surface area contributed by atoms with Gasteiger partial charge in [0.05, 0.1) is 9.49 Å². The first-order chi connectivity index (χ1) is 37.8. The number of thioether (sulfide) groups is 2. The SMILES string of the molecule is C[N+](C)(CCCNC(=O)c1cc(SC(c2ccccc2)(c2ccccc2)c2ccccc2)cc(SC(c2ccccc2)(c2ccccc2)c2ccccc2)c1)CCC[PH](c1ccccc1)(c1ccccc1)c1ccccc1. The molecule has 0 aromatic heterocycles. The summed E-state index contributed by atoms with van der Waals surface area (Å²) in [4.78, 5) is 17.0. The Morgan fingerprint density at radius 1 is 0.390 bits per heavy atom. The summed E-state index contributed by atoms with van der Waals surface area (Å²) in [6.07, 6.45) is 3.05. The fourth-order valence-electron chi connectivity index (χ4n) is 11.4. The second-order valence-corrected chi connectivity index (χ2v) is 27.2. The molecule has 77 heavy (non-hydrogen) atoms. The van der Waals surface area contributed by atoms with Crippen LogP contribution in [0.2, 0.25) is 0 Å².